The standard InChI is InChI=1S/C16H30N2O4/c1-14(2,3)22-13(19)18(5)12-10-16(6-8-17-9-7-16)21-11-15(12,4)20/h12,17,20H,6-11H2,1-5H3/t12-,15-/m0/s1. The molecule has 2 rings (SSSR count). The molecule has 1 spiro atoms. The summed E-state index contributed by atoms with van der Waals surface area (Å²) < 4.78 is 11.5. The Kier molecular flexibility index (Phi) is 4.76. The summed E-state index contributed by atoms with van der Waals surface area (Å²) in [6, 6.07) is -0.311. The van der Waals surface area contributed by atoms with Gasteiger partial charge in [-0.3, -0.25) is 0 Å². The maximum atomic E-state index is 12.4. The molecule has 128 valence electrons. The summed E-state index contributed by atoms with van der Waals surface area (Å²) in [7, 11) is 1.70. The first kappa shape index (κ1) is 17.5. The number of piperidine rings is 1. The van der Waals surface area contributed by atoms with Gasteiger partial charge in [0.05, 0.1) is 18.2 Å². The molecule has 2 fully saturated rings. The molecule has 0 bridgehead atoms. The molecule has 22 heavy (non-hydrogen) atoms. The number of likely N-dealkylation sites (N-methyl/N-ethyl adjacent to an activating group) is 1. The molecule has 6 nitrogen and oxygen atoms in total. The Balaban J connectivity index is 2.12. The largest absolute Gasteiger partial charge is 0.444 e. The molecule has 0 unspecified atom stereocenters. The summed E-state index contributed by atoms with van der Waals surface area (Å²) in [5, 5.41) is 14.0. The molecule has 0 saturated carbocycles. The molecule has 2 heterocycles. The van der Waals surface area contributed by atoms with Gasteiger partial charge in [0.1, 0.15) is 11.2 Å². The average molecular weight is 314 g/mol. The van der Waals surface area contributed by atoms with Crippen molar-refractivity contribution in [3.05, 3.63) is 0 Å². The maximum absolute atomic E-state index is 12.4. The zero-order valence-electron chi connectivity index (χ0n) is 14.4. The highest BCUT2D eigenvalue weighted by Crippen LogP contribution is 2.39. The highest BCUT2D eigenvalue weighted by atomic mass is 16.6. The molecule has 0 radical (unpaired) electrons. The number of amides is 1. The fourth-order valence-corrected chi connectivity index (χ4v) is 3.27. The molecule has 6 heteroatoms. The SMILES string of the molecule is CN(C(=O)OC(C)(C)C)[C@H]1CC2(CCNCC2)OC[C@]1(C)O. The van der Waals surface area contributed by atoms with Gasteiger partial charge in [-0.15, -0.1) is 0 Å². The van der Waals surface area contributed by atoms with Gasteiger partial charge >= 0.3 is 6.09 Å². The lowest BCUT2D eigenvalue weighted by Crippen LogP contribution is -2.64. The number of ether oxygens (including phenoxy) is 2. The van der Waals surface area contributed by atoms with Gasteiger partial charge < -0.3 is 24.8 Å². The summed E-state index contributed by atoms with van der Waals surface area (Å²) in [6.07, 6.45) is 2.05. The van der Waals surface area contributed by atoms with Gasteiger partial charge in [0.15, 0.2) is 0 Å². The first-order chi connectivity index (χ1) is 10.0. The van der Waals surface area contributed by atoms with Crippen molar-refractivity contribution in [3.8, 4) is 0 Å². The van der Waals surface area contributed by atoms with Crippen LogP contribution >= 0.6 is 0 Å². The number of carbonyl (C=O) groups is 1. The van der Waals surface area contributed by atoms with E-state index in [1.54, 1.807) is 14.0 Å². The van der Waals surface area contributed by atoms with Crippen LogP contribution in [0.3, 0.4) is 0 Å². The number of nitrogens with one attached hydrogen (secondary N) is 1. The van der Waals surface area contributed by atoms with Gasteiger partial charge in [-0.05, 0) is 60.0 Å². The smallest absolute Gasteiger partial charge is 0.410 e. The Labute approximate surface area is 133 Å². The number of aliphatic hydroxyl groups is 1. The molecule has 2 N–H and O–H groups in total. The van der Waals surface area contributed by atoms with Gasteiger partial charge in [-0.1, -0.05) is 0 Å². The minimum Gasteiger partial charge on any atom is -0.444 e. The fourth-order valence-electron chi connectivity index (χ4n) is 3.27. The number of nitrogens with zero attached hydrogens (tertiary/aromatic N) is 1. The minimum atomic E-state index is -1.07. The van der Waals surface area contributed by atoms with E-state index in [0.29, 0.717) is 6.42 Å². The van der Waals surface area contributed by atoms with Crippen LogP contribution in [0.15, 0.2) is 0 Å². The molecule has 0 aromatic heterocycles. The van der Waals surface area contributed by atoms with Crippen molar-refractivity contribution in [1.82, 2.24) is 10.2 Å². The van der Waals surface area contributed by atoms with Crippen LogP contribution in [0, 0.1) is 0 Å². The van der Waals surface area contributed by atoms with Gasteiger partial charge in [0.25, 0.3) is 0 Å². The second-order valence-corrected chi connectivity index (χ2v) is 7.89. The van der Waals surface area contributed by atoms with Crippen molar-refractivity contribution in [2.75, 3.05) is 26.7 Å². The third-order valence-corrected chi connectivity index (χ3v) is 4.62. The minimum absolute atomic E-state index is 0.241. The summed E-state index contributed by atoms with van der Waals surface area (Å²) in [5.74, 6) is 0. The highest BCUT2D eigenvalue weighted by Gasteiger charge is 2.50. The summed E-state index contributed by atoms with van der Waals surface area (Å²) >= 11 is 0. The normalized spacial score (nSPS) is 31.8. The fraction of sp³-hybridized carbons (Fsp3) is 0.938. The van der Waals surface area contributed by atoms with Crippen molar-refractivity contribution in [3.63, 3.8) is 0 Å². The zero-order chi connectivity index (χ0) is 16.6. The highest BCUT2D eigenvalue weighted by molar-refractivity contribution is 5.68. The molecule has 2 aliphatic rings. The first-order valence-corrected chi connectivity index (χ1v) is 8.08. The van der Waals surface area contributed by atoms with Crippen LogP contribution in [0.5, 0.6) is 0 Å². The Morgan fingerprint density at radius 1 is 1.36 bits per heavy atom. The molecular formula is C16H30N2O4. The topological polar surface area (TPSA) is 71.0 Å². The van der Waals surface area contributed by atoms with Crippen molar-refractivity contribution in [1.29, 1.82) is 0 Å². The van der Waals surface area contributed by atoms with E-state index in [0.717, 1.165) is 25.9 Å². The van der Waals surface area contributed by atoms with Crippen LogP contribution < -0.4 is 5.32 Å². The van der Waals surface area contributed by atoms with Crippen molar-refractivity contribution in [2.45, 2.75) is 69.8 Å². The second kappa shape index (κ2) is 5.98. The average Bonchev–Trinajstić information content (AvgIpc) is 2.40. The lowest BCUT2D eigenvalue weighted by Gasteiger charge is -2.51. The Hall–Kier alpha value is -0.850. The summed E-state index contributed by atoms with van der Waals surface area (Å²) in [5.41, 5.74) is -1.86. The molecule has 0 aromatic rings. The Morgan fingerprint density at radius 2 is 1.95 bits per heavy atom. The van der Waals surface area contributed by atoms with E-state index in [2.05, 4.69) is 5.32 Å². The van der Waals surface area contributed by atoms with Crippen LogP contribution in [0.25, 0.3) is 0 Å². The van der Waals surface area contributed by atoms with Crippen LogP contribution in [0.4, 0.5) is 4.79 Å². The van der Waals surface area contributed by atoms with Crippen LogP contribution in [0.2, 0.25) is 0 Å². The Bertz CT molecular complexity index is 411. The lowest BCUT2D eigenvalue weighted by molar-refractivity contribution is -0.200. The van der Waals surface area contributed by atoms with Crippen molar-refractivity contribution >= 4 is 6.09 Å². The van der Waals surface area contributed by atoms with E-state index >= 15 is 0 Å². The third-order valence-electron chi connectivity index (χ3n) is 4.62. The van der Waals surface area contributed by atoms with E-state index in [4.69, 9.17) is 9.47 Å². The van der Waals surface area contributed by atoms with Gasteiger partial charge in [0, 0.05) is 7.05 Å². The van der Waals surface area contributed by atoms with E-state index in [9.17, 15) is 9.90 Å². The number of hydrogen-bond acceptors (Lipinski definition) is 5. The van der Waals surface area contributed by atoms with Gasteiger partial charge in [0.2, 0.25) is 0 Å². The predicted molar refractivity (Wildman–Crippen MR) is 83.8 cm³/mol. The molecule has 0 aromatic carbocycles. The van der Waals surface area contributed by atoms with E-state index in [1.807, 2.05) is 20.8 Å². The monoisotopic (exact) mass is 314 g/mol. The maximum Gasteiger partial charge on any atom is 0.410 e. The van der Waals surface area contributed by atoms with E-state index < -0.39 is 17.3 Å². The van der Waals surface area contributed by atoms with E-state index in [-0.39, 0.29) is 18.2 Å². The second-order valence-electron chi connectivity index (χ2n) is 7.89. The quantitative estimate of drug-likeness (QED) is 0.768. The number of hydrogen-bond donors (Lipinski definition) is 2. The van der Waals surface area contributed by atoms with E-state index in [1.165, 1.54) is 4.90 Å². The predicted octanol–water partition coefficient (Wildman–Crippen LogP) is 1.52. The van der Waals surface area contributed by atoms with Crippen LogP contribution in [-0.4, -0.2) is 65.7 Å². The third kappa shape index (κ3) is 3.91. The van der Waals surface area contributed by atoms with Crippen LogP contribution in [0.1, 0.15) is 47.0 Å². The number of rotatable bonds is 1. The molecule has 1 amide bonds. The Morgan fingerprint density at radius 3 is 2.50 bits per heavy atom. The molecule has 0 aliphatic carbocycles. The van der Waals surface area contributed by atoms with Gasteiger partial charge in [-0.2, -0.15) is 0 Å². The molecule has 2 saturated heterocycles. The summed E-state index contributed by atoms with van der Waals surface area (Å²) in [6.45, 7) is 9.31. The lowest BCUT2D eigenvalue weighted by atomic mass is 9.77. The zero-order valence-corrected chi connectivity index (χ0v) is 14.4. The van der Waals surface area contributed by atoms with Crippen LogP contribution in [-0.2, 0) is 9.47 Å². The summed E-state index contributed by atoms with van der Waals surface area (Å²) in [4.78, 5) is 13.9. The van der Waals surface area contributed by atoms with Crippen molar-refractivity contribution in [2.24, 2.45) is 0 Å². The van der Waals surface area contributed by atoms with Crippen molar-refractivity contribution < 1.29 is 19.4 Å². The van der Waals surface area contributed by atoms with Gasteiger partial charge in [-0.25, -0.2) is 4.79 Å². The number of carbonyl (C=O) groups excluding carboxylic acids is 1. The first-order valence-electron chi connectivity index (χ1n) is 8.08. The molecule has 2 atom stereocenters. The molecular weight excluding hydrogens is 284 g/mol. The molecule has 2 aliphatic heterocycles.